The molecule has 2 aliphatic rings. The lowest BCUT2D eigenvalue weighted by Gasteiger charge is -2.32. The fraction of sp³-hybridized carbons (Fsp3) is 0.550. The largest absolute Gasteiger partial charge is 0.342 e. The Balaban J connectivity index is 1.54. The molecule has 144 valence electrons. The number of hydrogen-bond acceptors (Lipinski definition) is 4. The third-order valence-corrected chi connectivity index (χ3v) is 6.46. The van der Waals surface area contributed by atoms with Crippen LogP contribution < -0.4 is 0 Å². The number of piperidine rings is 1. The van der Waals surface area contributed by atoms with Crippen molar-refractivity contribution in [3.8, 4) is 11.4 Å². The number of benzene rings is 1. The summed E-state index contributed by atoms with van der Waals surface area (Å²) in [5.74, 6) is 1.11. The molecule has 0 bridgehead atoms. The fourth-order valence-electron chi connectivity index (χ4n) is 3.54. The van der Waals surface area contributed by atoms with Crippen molar-refractivity contribution in [2.45, 2.75) is 56.0 Å². The van der Waals surface area contributed by atoms with Crippen molar-refractivity contribution >= 4 is 17.7 Å². The second kappa shape index (κ2) is 7.62. The van der Waals surface area contributed by atoms with Crippen molar-refractivity contribution in [3.05, 3.63) is 30.1 Å². The molecule has 1 aromatic heterocycles. The smallest absolute Gasteiger partial charge is 0.235 e. The SMILES string of the molecule is CC1CCN(C(=O)C(C)Sc2nnc(-c3ccccc3F)n2C2CC2)CC1. The first-order chi connectivity index (χ1) is 13.0. The quantitative estimate of drug-likeness (QED) is 0.722. The Morgan fingerprint density at radius 2 is 1.89 bits per heavy atom. The van der Waals surface area contributed by atoms with Crippen molar-refractivity contribution < 1.29 is 9.18 Å². The molecule has 1 amide bonds. The molecule has 0 spiro atoms. The average molecular weight is 389 g/mol. The maximum atomic E-state index is 14.3. The lowest BCUT2D eigenvalue weighted by atomic mass is 9.99. The summed E-state index contributed by atoms with van der Waals surface area (Å²) >= 11 is 1.44. The van der Waals surface area contributed by atoms with E-state index in [2.05, 4.69) is 17.1 Å². The third kappa shape index (κ3) is 3.88. The molecule has 1 saturated carbocycles. The summed E-state index contributed by atoms with van der Waals surface area (Å²) in [5, 5.41) is 9.07. The van der Waals surface area contributed by atoms with Crippen molar-refractivity contribution in [2.24, 2.45) is 5.92 Å². The van der Waals surface area contributed by atoms with Crippen LogP contribution in [0.4, 0.5) is 4.39 Å². The van der Waals surface area contributed by atoms with Crippen LogP contribution in [0.3, 0.4) is 0 Å². The van der Waals surface area contributed by atoms with Crippen molar-refractivity contribution in [3.63, 3.8) is 0 Å². The highest BCUT2D eigenvalue weighted by Gasteiger charge is 2.33. The fourth-order valence-corrected chi connectivity index (χ4v) is 4.54. The molecular weight excluding hydrogens is 363 g/mol. The Kier molecular flexibility index (Phi) is 5.21. The zero-order chi connectivity index (χ0) is 19.0. The molecule has 0 N–H and O–H groups in total. The Labute approximate surface area is 163 Å². The summed E-state index contributed by atoms with van der Waals surface area (Å²) < 4.78 is 16.3. The van der Waals surface area contributed by atoms with E-state index >= 15 is 0 Å². The lowest BCUT2D eigenvalue weighted by molar-refractivity contribution is -0.131. The highest BCUT2D eigenvalue weighted by Crippen LogP contribution is 2.42. The van der Waals surface area contributed by atoms with E-state index in [-0.39, 0.29) is 17.0 Å². The van der Waals surface area contributed by atoms with Crippen LogP contribution in [0.5, 0.6) is 0 Å². The number of rotatable bonds is 5. The summed E-state index contributed by atoms with van der Waals surface area (Å²) in [5.41, 5.74) is 0.466. The van der Waals surface area contributed by atoms with Gasteiger partial charge in [-0.3, -0.25) is 9.36 Å². The summed E-state index contributed by atoms with van der Waals surface area (Å²) in [6, 6.07) is 6.95. The molecule has 1 aliphatic heterocycles. The second-order valence-corrected chi connectivity index (χ2v) is 8.96. The molecule has 1 unspecified atom stereocenters. The zero-order valence-electron chi connectivity index (χ0n) is 15.8. The number of halogens is 1. The molecule has 1 atom stereocenters. The average Bonchev–Trinajstić information content (AvgIpc) is 3.43. The van der Waals surface area contributed by atoms with Crippen molar-refractivity contribution in [1.82, 2.24) is 19.7 Å². The van der Waals surface area contributed by atoms with Crippen molar-refractivity contribution in [1.29, 1.82) is 0 Å². The summed E-state index contributed by atoms with van der Waals surface area (Å²) in [4.78, 5) is 14.8. The van der Waals surface area contributed by atoms with Crippen molar-refractivity contribution in [2.75, 3.05) is 13.1 Å². The number of thioether (sulfide) groups is 1. The molecule has 1 aliphatic carbocycles. The predicted octanol–water partition coefficient (Wildman–Crippen LogP) is 4.16. The van der Waals surface area contributed by atoms with E-state index in [0.29, 0.717) is 28.5 Å². The normalized spacial score (nSPS) is 19.3. The number of carbonyl (C=O) groups excluding carboxylic acids is 1. The van der Waals surface area contributed by atoms with Gasteiger partial charge in [-0.15, -0.1) is 10.2 Å². The van der Waals surface area contributed by atoms with E-state index in [9.17, 15) is 9.18 Å². The van der Waals surface area contributed by atoms with Crippen LogP contribution in [0.1, 0.15) is 45.6 Å². The number of aromatic nitrogens is 3. The van der Waals surface area contributed by atoms with E-state index in [1.165, 1.54) is 17.8 Å². The number of hydrogen-bond donors (Lipinski definition) is 0. The molecule has 2 aromatic rings. The van der Waals surface area contributed by atoms with E-state index in [1.54, 1.807) is 18.2 Å². The second-order valence-electron chi connectivity index (χ2n) is 7.66. The van der Waals surface area contributed by atoms with Crippen LogP contribution in [0.25, 0.3) is 11.4 Å². The van der Waals surface area contributed by atoms with E-state index < -0.39 is 0 Å². The molecule has 5 nitrogen and oxygen atoms in total. The molecule has 1 aromatic carbocycles. The van der Waals surface area contributed by atoms with Gasteiger partial charge in [0, 0.05) is 19.1 Å². The molecule has 2 heterocycles. The van der Waals surface area contributed by atoms with Gasteiger partial charge in [0.05, 0.1) is 10.8 Å². The summed E-state index contributed by atoms with van der Waals surface area (Å²) in [7, 11) is 0. The van der Waals surface area contributed by atoms with Crippen LogP contribution >= 0.6 is 11.8 Å². The van der Waals surface area contributed by atoms with Gasteiger partial charge in [-0.05, 0) is 50.7 Å². The Bertz CT molecular complexity index is 827. The topological polar surface area (TPSA) is 51.0 Å². The zero-order valence-corrected chi connectivity index (χ0v) is 16.6. The standard InChI is InChI=1S/C20H25FN4OS/c1-13-9-11-24(12-10-13)19(26)14(2)27-20-23-22-18(25(20)15-7-8-15)16-5-3-4-6-17(16)21/h3-6,13-15H,7-12H2,1-2H3. The van der Waals surface area contributed by atoms with Gasteiger partial charge in [0.2, 0.25) is 5.91 Å². The van der Waals surface area contributed by atoms with Gasteiger partial charge in [0.25, 0.3) is 0 Å². The molecule has 27 heavy (non-hydrogen) atoms. The van der Waals surface area contributed by atoms with Gasteiger partial charge in [-0.1, -0.05) is 30.8 Å². The molecule has 0 radical (unpaired) electrons. The first kappa shape index (κ1) is 18.5. The number of carbonyl (C=O) groups is 1. The maximum absolute atomic E-state index is 14.3. The van der Waals surface area contributed by atoms with Gasteiger partial charge in [0.15, 0.2) is 11.0 Å². The Morgan fingerprint density at radius 1 is 1.19 bits per heavy atom. The van der Waals surface area contributed by atoms with E-state index in [1.807, 2.05) is 16.4 Å². The lowest BCUT2D eigenvalue weighted by Crippen LogP contribution is -2.41. The van der Waals surface area contributed by atoms with Gasteiger partial charge < -0.3 is 4.90 Å². The van der Waals surface area contributed by atoms with Crippen LogP contribution in [-0.4, -0.2) is 43.9 Å². The van der Waals surface area contributed by atoms with Crippen LogP contribution in [0.15, 0.2) is 29.4 Å². The Hall–Kier alpha value is -1.89. The molecule has 2 fully saturated rings. The third-order valence-electron chi connectivity index (χ3n) is 5.42. The summed E-state index contributed by atoms with van der Waals surface area (Å²) in [6.07, 6.45) is 4.22. The minimum absolute atomic E-state index is 0.157. The van der Waals surface area contributed by atoms with Crippen LogP contribution in [0.2, 0.25) is 0 Å². The first-order valence-electron chi connectivity index (χ1n) is 9.70. The van der Waals surface area contributed by atoms with E-state index in [0.717, 1.165) is 38.8 Å². The van der Waals surface area contributed by atoms with Gasteiger partial charge in [0.1, 0.15) is 5.82 Å². The highest BCUT2D eigenvalue weighted by molar-refractivity contribution is 8.00. The highest BCUT2D eigenvalue weighted by atomic mass is 32.2. The number of nitrogens with zero attached hydrogens (tertiary/aromatic N) is 4. The molecular formula is C20H25FN4OS. The van der Waals surface area contributed by atoms with Crippen LogP contribution in [-0.2, 0) is 4.79 Å². The predicted molar refractivity (Wildman–Crippen MR) is 104 cm³/mol. The molecule has 7 heteroatoms. The first-order valence-corrected chi connectivity index (χ1v) is 10.6. The number of likely N-dealkylation sites (tertiary alicyclic amines) is 1. The van der Waals surface area contributed by atoms with Gasteiger partial charge >= 0.3 is 0 Å². The van der Waals surface area contributed by atoms with Gasteiger partial charge in [-0.2, -0.15) is 0 Å². The molecule has 4 rings (SSSR count). The van der Waals surface area contributed by atoms with E-state index in [4.69, 9.17) is 0 Å². The maximum Gasteiger partial charge on any atom is 0.235 e. The molecule has 1 saturated heterocycles. The number of amides is 1. The Morgan fingerprint density at radius 3 is 2.56 bits per heavy atom. The monoisotopic (exact) mass is 388 g/mol. The minimum Gasteiger partial charge on any atom is -0.342 e. The van der Waals surface area contributed by atoms with Gasteiger partial charge in [-0.25, -0.2) is 4.39 Å². The minimum atomic E-state index is -0.296. The summed E-state index contributed by atoms with van der Waals surface area (Å²) in [6.45, 7) is 5.84. The van der Waals surface area contributed by atoms with Crippen LogP contribution in [0, 0.1) is 11.7 Å².